The minimum Gasteiger partial charge on any atom is -0.478 e. The minimum atomic E-state index is -2.19. The maximum atomic E-state index is 15.1. The molecule has 38 heavy (non-hydrogen) atoms. The number of H-pyrrole nitrogens is 1. The number of ketones is 1. The van der Waals surface area contributed by atoms with Gasteiger partial charge in [-0.1, -0.05) is 41.5 Å². The number of halogens is 1. The summed E-state index contributed by atoms with van der Waals surface area (Å²) in [4.78, 5) is 30.1. The molecule has 0 aromatic carbocycles. The highest BCUT2D eigenvalue weighted by molar-refractivity contribution is 6.96. The van der Waals surface area contributed by atoms with Crippen LogP contribution in [0.4, 0.5) is 4.39 Å². The number of hydrogen-bond acceptors (Lipinski definition) is 5. The van der Waals surface area contributed by atoms with E-state index in [-0.39, 0.29) is 5.56 Å². The van der Waals surface area contributed by atoms with Crippen LogP contribution < -0.4 is 9.92 Å². The first-order valence-corrected chi connectivity index (χ1v) is 15.5. The van der Waals surface area contributed by atoms with Crippen molar-refractivity contribution in [3.05, 3.63) is 65.6 Å². The Labute approximate surface area is 225 Å². The van der Waals surface area contributed by atoms with Gasteiger partial charge in [0.15, 0.2) is 5.78 Å². The second-order valence-electron chi connectivity index (χ2n) is 10.8. The molecule has 4 heterocycles. The lowest BCUT2D eigenvalue weighted by atomic mass is 10.0. The van der Waals surface area contributed by atoms with Gasteiger partial charge in [-0.2, -0.15) is 4.39 Å². The predicted octanol–water partition coefficient (Wildman–Crippen LogP) is 6.98. The number of aromatic nitrogens is 4. The highest BCUT2D eigenvalue weighted by atomic mass is 28.3. The van der Waals surface area contributed by atoms with Crippen molar-refractivity contribution < 1.29 is 13.9 Å². The van der Waals surface area contributed by atoms with Crippen LogP contribution in [0.1, 0.15) is 70.0 Å². The molecule has 200 valence electrons. The van der Waals surface area contributed by atoms with Gasteiger partial charge in [0.1, 0.15) is 5.65 Å². The average molecular weight is 533 g/mol. The van der Waals surface area contributed by atoms with Gasteiger partial charge in [0.25, 0.3) is 0 Å². The maximum absolute atomic E-state index is 15.1. The zero-order valence-corrected chi connectivity index (χ0v) is 24.5. The second kappa shape index (κ2) is 10.8. The number of aromatic amines is 1. The molecule has 0 spiro atoms. The topological polar surface area (TPSA) is 80.8 Å². The number of ether oxygens (including phenoxy) is 1. The van der Waals surface area contributed by atoms with Gasteiger partial charge in [-0.25, -0.2) is 15.0 Å². The normalized spacial score (nSPS) is 12.2. The molecule has 0 atom stereocenters. The largest absolute Gasteiger partial charge is 0.478 e. The molecule has 0 bridgehead atoms. The third-order valence-corrected chi connectivity index (χ3v) is 15.1. The van der Waals surface area contributed by atoms with E-state index in [0.717, 1.165) is 16.5 Å². The molecular weight excluding hydrogens is 495 g/mol. The third-order valence-electron chi connectivity index (χ3n) is 7.88. The molecule has 0 saturated carbocycles. The molecule has 4 rings (SSSR count). The number of rotatable bonds is 9. The Morgan fingerprint density at radius 3 is 2.18 bits per heavy atom. The van der Waals surface area contributed by atoms with Crippen LogP contribution in [-0.4, -0.2) is 40.4 Å². The van der Waals surface area contributed by atoms with Crippen LogP contribution in [0.25, 0.3) is 22.2 Å². The molecular formula is C30H37FN4O2Si. The Morgan fingerprint density at radius 2 is 1.61 bits per heavy atom. The van der Waals surface area contributed by atoms with Crippen LogP contribution in [0.15, 0.2) is 43.0 Å². The van der Waals surface area contributed by atoms with Gasteiger partial charge < -0.3 is 9.72 Å². The molecule has 1 N–H and O–H groups in total. The maximum Gasteiger partial charge on any atom is 0.224 e. The summed E-state index contributed by atoms with van der Waals surface area (Å²) in [5.41, 5.74) is 4.72. The van der Waals surface area contributed by atoms with E-state index in [0.29, 0.717) is 45.9 Å². The zero-order valence-electron chi connectivity index (χ0n) is 23.5. The quantitative estimate of drug-likeness (QED) is 0.143. The number of pyridine rings is 3. The number of nitrogens with zero attached hydrogens (tertiary/aromatic N) is 3. The molecule has 0 saturated heterocycles. The van der Waals surface area contributed by atoms with E-state index in [1.807, 2.05) is 19.2 Å². The SMILES string of the molecule is CCOc1ccc(-c2cnc(F)c(C(=O)c3c[nH]c4ncc(C)c([Si](C(C)C)(C(C)C)C(C)C)c34)c2)cn1. The number of carbonyl (C=O) groups is 1. The lowest BCUT2D eigenvalue weighted by Crippen LogP contribution is -2.57. The van der Waals surface area contributed by atoms with Gasteiger partial charge in [-0.05, 0) is 53.4 Å². The lowest BCUT2D eigenvalue weighted by Gasteiger charge is -2.45. The first kappa shape index (κ1) is 27.6. The molecule has 0 aliphatic rings. The van der Waals surface area contributed by atoms with Gasteiger partial charge in [0.05, 0.1) is 20.2 Å². The van der Waals surface area contributed by atoms with Crippen molar-refractivity contribution in [1.29, 1.82) is 0 Å². The van der Waals surface area contributed by atoms with Crippen molar-refractivity contribution in [2.45, 2.75) is 72.0 Å². The summed E-state index contributed by atoms with van der Waals surface area (Å²) in [6.45, 7) is 18.3. The van der Waals surface area contributed by atoms with E-state index in [2.05, 4.69) is 68.4 Å². The van der Waals surface area contributed by atoms with Gasteiger partial charge >= 0.3 is 0 Å². The van der Waals surface area contributed by atoms with Gasteiger partial charge in [-0.15, -0.1) is 0 Å². The number of aryl methyl sites for hydroxylation is 1. The summed E-state index contributed by atoms with van der Waals surface area (Å²) in [5.74, 6) is -0.700. The molecule has 0 radical (unpaired) electrons. The Kier molecular flexibility index (Phi) is 7.83. The molecule has 0 amide bonds. The second-order valence-corrected chi connectivity index (χ2v) is 16.7. The number of hydrogen-bond donors (Lipinski definition) is 1. The Hall–Kier alpha value is -3.39. The fraction of sp³-hybridized carbons (Fsp3) is 0.400. The zero-order chi connectivity index (χ0) is 27.8. The molecule has 4 aromatic rings. The number of carbonyl (C=O) groups excluding carboxylic acids is 1. The Morgan fingerprint density at radius 1 is 0.947 bits per heavy atom. The Balaban J connectivity index is 1.91. The van der Waals surface area contributed by atoms with Crippen LogP contribution in [0.2, 0.25) is 16.6 Å². The van der Waals surface area contributed by atoms with E-state index in [9.17, 15) is 4.79 Å². The highest BCUT2D eigenvalue weighted by Crippen LogP contribution is 2.43. The van der Waals surface area contributed by atoms with Crippen LogP contribution in [0.5, 0.6) is 5.88 Å². The smallest absolute Gasteiger partial charge is 0.224 e. The lowest BCUT2D eigenvalue weighted by molar-refractivity contribution is 0.103. The fourth-order valence-electron chi connectivity index (χ4n) is 6.49. The van der Waals surface area contributed by atoms with E-state index >= 15 is 4.39 Å². The van der Waals surface area contributed by atoms with Crippen LogP contribution >= 0.6 is 0 Å². The van der Waals surface area contributed by atoms with Crippen molar-refractivity contribution in [3.63, 3.8) is 0 Å². The van der Waals surface area contributed by atoms with Crippen LogP contribution in [0, 0.1) is 12.9 Å². The van der Waals surface area contributed by atoms with Crippen molar-refractivity contribution in [2.24, 2.45) is 0 Å². The van der Waals surface area contributed by atoms with Crippen LogP contribution in [-0.2, 0) is 0 Å². The highest BCUT2D eigenvalue weighted by Gasteiger charge is 2.47. The summed E-state index contributed by atoms with van der Waals surface area (Å²) >= 11 is 0. The molecule has 0 aliphatic carbocycles. The first-order chi connectivity index (χ1) is 18.0. The fourth-order valence-corrected chi connectivity index (χ4v) is 13.7. The summed E-state index contributed by atoms with van der Waals surface area (Å²) in [7, 11) is -2.19. The van der Waals surface area contributed by atoms with Gasteiger partial charge in [0, 0.05) is 52.9 Å². The van der Waals surface area contributed by atoms with Crippen molar-refractivity contribution in [3.8, 4) is 17.0 Å². The van der Waals surface area contributed by atoms with E-state index in [4.69, 9.17) is 4.74 Å². The summed E-state index contributed by atoms with van der Waals surface area (Å²) in [5, 5.41) is 2.07. The van der Waals surface area contributed by atoms with Crippen LogP contribution in [0.3, 0.4) is 0 Å². The molecule has 0 fully saturated rings. The van der Waals surface area contributed by atoms with Gasteiger partial charge in [-0.3, -0.25) is 4.79 Å². The summed E-state index contributed by atoms with van der Waals surface area (Å²) < 4.78 is 20.5. The van der Waals surface area contributed by atoms with Crippen molar-refractivity contribution in [1.82, 2.24) is 19.9 Å². The monoisotopic (exact) mass is 532 g/mol. The molecule has 0 aliphatic heterocycles. The summed E-state index contributed by atoms with van der Waals surface area (Å²) in [6.07, 6.45) is 6.63. The number of nitrogens with one attached hydrogen (secondary N) is 1. The Bertz CT molecular complexity index is 1440. The van der Waals surface area contributed by atoms with E-state index < -0.39 is 19.8 Å². The molecule has 4 aromatic heterocycles. The summed E-state index contributed by atoms with van der Waals surface area (Å²) in [6, 6.07) is 5.13. The van der Waals surface area contributed by atoms with E-state index in [1.165, 1.54) is 11.4 Å². The van der Waals surface area contributed by atoms with E-state index in [1.54, 1.807) is 24.5 Å². The first-order valence-electron chi connectivity index (χ1n) is 13.3. The molecule has 0 unspecified atom stereocenters. The van der Waals surface area contributed by atoms with Crippen molar-refractivity contribution >= 4 is 30.1 Å². The standard InChI is InChI=1S/C30H37FN4O2Si/c1-9-37-25-11-10-21(14-32-25)22-12-23(29(31)33-15-22)27(36)24-16-35-30-26(24)28(20(8)13-34-30)38(17(2)3,18(4)5)19(6)7/h10-19H,9H2,1-8H3,(H,34,35). The minimum absolute atomic E-state index is 0.0735. The van der Waals surface area contributed by atoms with Crippen molar-refractivity contribution in [2.75, 3.05) is 6.61 Å². The molecule has 6 nitrogen and oxygen atoms in total. The average Bonchev–Trinajstić information content (AvgIpc) is 3.30. The number of fused-ring (bicyclic) bond motifs is 1. The molecule has 8 heteroatoms. The predicted molar refractivity (Wildman–Crippen MR) is 154 cm³/mol. The van der Waals surface area contributed by atoms with Gasteiger partial charge in [0.2, 0.25) is 11.8 Å². The third kappa shape index (κ3) is 4.55.